The number of carbonyl (C=O) groups excluding carboxylic acids is 1. The van der Waals surface area contributed by atoms with Gasteiger partial charge in [0.15, 0.2) is 0 Å². The van der Waals surface area contributed by atoms with Crippen molar-refractivity contribution in [1.29, 1.82) is 0 Å². The number of hydrogen-bond acceptors (Lipinski definition) is 3. The third kappa shape index (κ3) is 3.22. The molecule has 0 spiro atoms. The van der Waals surface area contributed by atoms with Crippen molar-refractivity contribution in [3.63, 3.8) is 0 Å². The Morgan fingerprint density at radius 2 is 2.27 bits per heavy atom. The molecule has 0 saturated carbocycles. The summed E-state index contributed by atoms with van der Waals surface area (Å²) in [5, 5.41) is 6.39. The third-order valence-electron chi connectivity index (χ3n) is 4.33. The van der Waals surface area contributed by atoms with Gasteiger partial charge in [-0.25, -0.2) is 9.38 Å². The van der Waals surface area contributed by atoms with Crippen LogP contribution in [0.4, 0.5) is 4.39 Å². The van der Waals surface area contributed by atoms with Gasteiger partial charge in [0.1, 0.15) is 29.4 Å². The van der Waals surface area contributed by atoms with Gasteiger partial charge in [0.2, 0.25) is 0 Å². The molecule has 1 aromatic rings. The number of amides is 1. The molecule has 3 rings (SSSR count). The highest BCUT2D eigenvalue weighted by Crippen LogP contribution is 2.39. The number of aliphatic imine (C=N–C) groups is 2. The Hall–Kier alpha value is -2.67. The maximum atomic E-state index is 13.7. The van der Waals surface area contributed by atoms with Crippen molar-refractivity contribution in [2.24, 2.45) is 9.98 Å². The van der Waals surface area contributed by atoms with Gasteiger partial charge in [0.25, 0.3) is 5.91 Å². The summed E-state index contributed by atoms with van der Waals surface area (Å²) in [5.41, 5.74) is 0.860. The molecule has 2 aliphatic rings. The van der Waals surface area contributed by atoms with Gasteiger partial charge in [-0.15, -0.1) is 0 Å². The van der Waals surface area contributed by atoms with Crippen molar-refractivity contribution in [2.45, 2.75) is 19.5 Å². The molecule has 8 heteroatoms. The van der Waals surface area contributed by atoms with Gasteiger partial charge in [0, 0.05) is 18.3 Å². The fraction of sp³-hybridized carbons (Fsp3) is 0.278. The van der Waals surface area contributed by atoms with Gasteiger partial charge < -0.3 is 15.5 Å². The Labute approximate surface area is 156 Å². The summed E-state index contributed by atoms with van der Waals surface area (Å²) in [6, 6.07) is 6.17. The average molecular weight is 376 g/mol. The predicted octanol–water partition coefficient (Wildman–Crippen LogP) is 2.44. The van der Waals surface area contributed by atoms with Crippen molar-refractivity contribution in [2.75, 3.05) is 13.6 Å². The lowest BCUT2D eigenvalue weighted by Crippen LogP contribution is -2.48. The zero-order valence-electron chi connectivity index (χ0n) is 14.7. The van der Waals surface area contributed by atoms with Crippen LogP contribution in [0.3, 0.4) is 0 Å². The van der Waals surface area contributed by atoms with Crippen molar-refractivity contribution in [3.05, 3.63) is 58.1 Å². The molecule has 26 heavy (non-hydrogen) atoms. The van der Waals surface area contributed by atoms with Gasteiger partial charge >= 0.3 is 0 Å². The highest BCUT2D eigenvalue weighted by atomic mass is 35.5. The number of rotatable bonds is 3. The van der Waals surface area contributed by atoms with E-state index in [4.69, 9.17) is 11.6 Å². The zero-order chi connectivity index (χ0) is 18.9. The van der Waals surface area contributed by atoms with Crippen LogP contribution in [-0.4, -0.2) is 36.6 Å². The number of nitrogens with one attached hydrogen (secondary N) is 2. The van der Waals surface area contributed by atoms with Crippen molar-refractivity contribution in [1.82, 2.24) is 15.5 Å². The Morgan fingerprint density at radius 3 is 2.96 bits per heavy atom. The summed E-state index contributed by atoms with van der Waals surface area (Å²) in [4.78, 5) is 22.3. The van der Waals surface area contributed by atoms with Gasteiger partial charge in [-0.2, -0.15) is 0 Å². The van der Waals surface area contributed by atoms with Crippen LogP contribution in [0, 0.1) is 5.82 Å². The number of amidine groups is 1. The van der Waals surface area contributed by atoms with Crippen LogP contribution in [0.25, 0.3) is 0 Å². The topological polar surface area (TPSA) is 69.1 Å². The first-order valence-electron chi connectivity index (χ1n) is 8.04. The summed E-state index contributed by atoms with van der Waals surface area (Å²) in [5.74, 6) is -0.0181. The van der Waals surface area contributed by atoms with Crippen LogP contribution in [0.5, 0.6) is 0 Å². The summed E-state index contributed by atoms with van der Waals surface area (Å²) in [6.07, 6.45) is 3.14. The molecular weight excluding hydrogens is 357 g/mol. The lowest BCUT2D eigenvalue weighted by molar-refractivity contribution is -0.117. The first-order valence-corrected chi connectivity index (χ1v) is 8.41. The number of allylic oxidation sites excluding steroid dienone is 2. The minimum atomic E-state index is -0.911. The van der Waals surface area contributed by atoms with E-state index in [1.165, 1.54) is 18.5 Å². The number of halogens is 2. The molecule has 1 unspecified atom stereocenters. The predicted molar refractivity (Wildman–Crippen MR) is 100 cm³/mol. The number of nitrogens with zero attached hydrogens (tertiary/aromatic N) is 3. The molecule has 1 fully saturated rings. The maximum absolute atomic E-state index is 13.7. The van der Waals surface area contributed by atoms with Gasteiger partial charge in [-0.1, -0.05) is 23.7 Å². The zero-order valence-corrected chi connectivity index (χ0v) is 15.4. The lowest BCUT2D eigenvalue weighted by Gasteiger charge is -2.38. The van der Waals surface area contributed by atoms with Crippen LogP contribution >= 0.6 is 11.6 Å². The Morgan fingerprint density at radius 1 is 1.50 bits per heavy atom. The van der Waals surface area contributed by atoms with E-state index in [0.717, 1.165) is 5.70 Å². The van der Waals surface area contributed by atoms with E-state index in [9.17, 15) is 9.18 Å². The van der Waals surface area contributed by atoms with E-state index in [1.807, 2.05) is 11.8 Å². The van der Waals surface area contributed by atoms with Gasteiger partial charge in [0.05, 0.1) is 11.6 Å². The lowest BCUT2D eigenvalue weighted by atomic mass is 9.99. The first-order chi connectivity index (χ1) is 12.3. The number of benzene rings is 1. The Kier molecular flexibility index (Phi) is 4.82. The van der Waals surface area contributed by atoms with Gasteiger partial charge in [-0.3, -0.25) is 9.79 Å². The molecule has 1 amide bonds. The molecule has 0 bridgehead atoms. The monoisotopic (exact) mass is 375 g/mol. The summed E-state index contributed by atoms with van der Waals surface area (Å²) < 4.78 is 13.7. The van der Waals surface area contributed by atoms with E-state index in [1.54, 1.807) is 32.2 Å². The van der Waals surface area contributed by atoms with Crippen LogP contribution in [0.15, 0.2) is 56.8 Å². The van der Waals surface area contributed by atoms with Crippen LogP contribution in [0.2, 0.25) is 0 Å². The molecule has 136 valence electrons. The van der Waals surface area contributed by atoms with Crippen LogP contribution in [-0.2, 0) is 10.5 Å². The van der Waals surface area contributed by atoms with Crippen molar-refractivity contribution in [3.8, 4) is 0 Å². The third-order valence-corrected chi connectivity index (χ3v) is 4.62. The van der Waals surface area contributed by atoms with E-state index in [2.05, 4.69) is 20.6 Å². The smallest absolute Gasteiger partial charge is 0.271 e. The maximum Gasteiger partial charge on any atom is 0.271 e. The quantitative estimate of drug-likeness (QED) is 0.629. The molecule has 1 aromatic carbocycles. The standard InChI is InChI=1S/C18H19ClFN5O/c1-11(22-10-21-3)23-14-8-15(19)16-17(26)24-18(2,25(16)9-14)12-5-4-6-13(20)7-12/h4-8,10H,9H2,1-3H3,(H,24,26)(H,21,22,23). The molecule has 0 radical (unpaired) electrons. The fourth-order valence-electron chi connectivity index (χ4n) is 3.11. The normalized spacial score (nSPS) is 23.3. The molecule has 2 N–H and O–H groups in total. The molecule has 2 heterocycles. The fourth-order valence-corrected chi connectivity index (χ4v) is 3.43. The van der Waals surface area contributed by atoms with E-state index in [0.29, 0.717) is 28.7 Å². The molecular formula is C18H19ClFN5O. The molecule has 0 aromatic heterocycles. The number of hydrogen-bond donors (Lipinski definition) is 2. The summed E-state index contributed by atoms with van der Waals surface area (Å²) in [6.45, 7) is 4.01. The summed E-state index contributed by atoms with van der Waals surface area (Å²) in [7, 11) is 1.63. The minimum Gasteiger partial charge on any atom is -0.346 e. The molecule has 1 atom stereocenters. The van der Waals surface area contributed by atoms with Gasteiger partial charge in [-0.05, 0) is 32.1 Å². The van der Waals surface area contributed by atoms with Crippen LogP contribution < -0.4 is 10.6 Å². The molecule has 6 nitrogen and oxygen atoms in total. The molecule has 2 aliphatic heterocycles. The number of carbonyl (C=O) groups is 1. The highest BCUT2D eigenvalue weighted by Gasteiger charge is 2.47. The second kappa shape index (κ2) is 6.92. The second-order valence-corrected chi connectivity index (χ2v) is 6.61. The van der Waals surface area contributed by atoms with E-state index in [-0.39, 0.29) is 11.7 Å². The van der Waals surface area contributed by atoms with Crippen molar-refractivity contribution < 1.29 is 9.18 Å². The minimum absolute atomic E-state index is 0.291. The SMILES string of the molecule is CN=CN=C(C)NC1=CC(Cl)=C2C(=O)NC(C)(c3cccc(F)c3)N2C1. The largest absolute Gasteiger partial charge is 0.346 e. The van der Waals surface area contributed by atoms with E-state index >= 15 is 0 Å². The van der Waals surface area contributed by atoms with E-state index < -0.39 is 5.66 Å². The Balaban J connectivity index is 1.97. The Bertz CT molecular complexity index is 876. The molecule has 1 saturated heterocycles. The van der Waals surface area contributed by atoms with Crippen molar-refractivity contribution >= 4 is 29.7 Å². The highest BCUT2D eigenvalue weighted by molar-refractivity contribution is 6.33. The molecule has 0 aliphatic carbocycles. The van der Waals surface area contributed by atoms with Crippen LogP contribution in [0.1, 0.15) is 19.4 Å². The average Bonchev–Trinajstić information content (AvgIpc) is 2.85. The summed E-state index contributed by atoms with van der Waals surface area (Å²) >= 11 is 6.36. The second-order valence-electron chi connectivity index (χ2n) is 6.20. The first kappa shape index (κ1) is 18.1. The number of fused-ring (bicyclic) bond motifs is 1.